The summed E-state index contributed by atoms with van der Waals surface area (Å²) in [5.41, 5.74) is 2.09. The van der Waals surface area contributed by atoms with E-state index in [-0.39, 0.29) is 23.4 Å². The topological polar surface area (TPSA) is 88.3 Å². The molecular formula is C18H20N4O3. The van der Waals surface area contributed by atoms with Crippen LogP contribution in [0.4, 0.5) is 0 Å². The van der Waals surface area contributed by atoms with E-state index in [1.807, 2.05) is 31.2 Å². The summed E-state index contributed by atoms with van der Waals surface area (Å²) in [6.45, 7) is 2.48. The van der Waals surface area contributed by atoms with E-state index < -0.39 is 12.0 Å². The molecule has 1 aromatic carbocycles. The zero-order valence-electron chi connectivity index (χ0n) is 14.0. The van der Waals surface area contributed by atoms with E-state index in [1.54, 1.807) is 10.9 Å². The largest absolute Gasteiger partial charge is 0.480 e. The predicted molar refractivity (Wildman–Crippen MR) is 89.4 cm³/mol. The van der Waals surface area contributed by atoms with Gasteiger partial charge in [-0.1, -0.05) is 23.8 Å². The highest BCUT2D eigenvalue weighted by Crippen LogP contribution is 2.42. The molecule has 0 radical (unpaired) electrons. The first-order valence-electron chi connectivity index (χ1n) is 8.58. The van der Waals surface area contributed by atoms with Crippen LogP contribution in [0.15, 0.2) is 30.5 Å². The molecule has 1 aromatic heterocycles. The van der Waals surface area contributed by atoms with Crippen LogP contribution < -0.4 is 0 Å². The molecular weight excluding hydrogens is 320 g/mol. The van der Waals surface area contributed by atoms with Crippen LogP contribution in [-0.2, 0) is 4.79 Å². The number of hydrogen-bond donors (Lipinski definition) is 1. The summed E-state index contributed by atoms with van der Waals surface area (Å²) in [5, 5.41) is 17.6. The van der Waals surface area contributed by atoms with E-state index in [2.05, 4.69) is 10.3 Å². The van der Waals surface area contributed by atoms with Gasteiger partial charge < -0.3 is 10.0 Å². The molecule has 1 N–H and O–H groups in total. The SMILES string of the molecule is Cc1cccc(-n2cc(C(=O)N3CC4CCCC4C3C(=O)O)nn2)c1. The fourth-order valence-corrected chi connectivity index (χ4v) is 4.24. The van der Waals surface area contributed by atoms with Crippen molar-refractivity contribution >= 4 is 11.9 Å². The number of carbonyl (C=O) groups is 2. The Morgan fingerprint density at radius 3 is 2.88 bits per heavy atom. The first kappa shape index (κ1) is 15.8. The van der Waals surface area contributed by atoms with Crippen LogP contribution in [0, 0.1) is 18.8 Å². The van der Waals surface area contributed by atoms with Gasteiger partial charge in [-0.05, 0) is 49.3 Å². The number of carbonyl (C=O) groups excluding carboxylic acids is 1. The minimum absolute atomic E-state index is 0.0632. The molecule has 2 fully saturated rings. The number of rotatable bonds is 3. The number of fused-ring (bicyclic) bond motifs is 1. The molecule has 25 heavy (non-hydrogen) atoms. The zero-order valence-corrected chi connectivity index (χ0v) is 14.0. The van der Waals surface area contributed by atoms with E-state index in [0.29, 0.717) is 6.54 Å². The summed E-state index contributed by atoms with van der Waals surface area (Å²) in [7, 11) is 0. The van der Waals surface area contributed by atoms with E-state index in [0.717, 1.165) is 30.5 Å². The molecule has 1 aliphatic carbocycles. The Hall–Kier alpha value is -2.70. The quantitative estimate of drug-likeness (QED) is 0.922. The molecule has 2 aromatic rings. The summed E-state index contributed by atoms with van der Waals surface area (Å²) >= 11 is 0. The average Bonchev–Trinajstić information content (AvgIpc) is 3.29. The van der Waals surface area contributed by atoms with Gasteiger partial charge in [-0.25, -0.2) is 9.48 Å². The Morgan fingerprint density at radius 2 is 2.12 bits per heavy atom. The van der Waals surface area contributed by atoms with Gasteiger partial charge in [0.25, 0.3) is 5.91 Å². The van der Waals surface area contributed by atoms with E-state index in [9.17, 15) is 14.7 Å². The number of likely N-dealkylation sites (tertiary alicyclic amines) is 1. The van der Waals surface area contributed by atoms with Crippen molar-refractivity contribution in [1.29, 1.82) is 0 Å². The number of carboxylic acid groups (broad SMARTS) is 1. The van der Waals surface area contributed by atoms with Crippen LogP contribution in [0.2, 0.25) is 0 Å². The highest BCUT2D eigenvalue weighted by Gasteiger charge is 2.50. The number of nitrogens with zero attached hydrogens (tertiary/aromatic N) is 4. The summed E-state index contributed by atoms with van der Waals surface area (Å²) in [5.74, 6) is -0.917. The predicted octanol–water partition coefficient (Wildman–Crippen LogP) is 1.90. The van der Waals surface area contributed by atoms with Crippen molar-refractivity contribution in [2.75, 3.05) is 6.54 Å². The molecule has 1 amide bonds. The smallest absolute Gasteiger partial charge is 0.326 e. The fraction of sp³-hybridized carbons (Fsp3) is 0.444. The lowest BCUT2D eigenvalue weighted by atomic mass is 9.94. The Labute approximate surface area is 145 Å². The molecule has 1 saturated carbocycles. The molecule has 3 unspecified atom stereocenters. The molecule has 130 valence electrons. The Bertz CT molecular complexity index is 831. The Morgan fingerprint density at radius 1 is 1.28 bits per heavy atom. The third-order valence-electron chi connectivity index (χ3n) is 5.38. The maximum absolute atomic E-state index is 12.9. The van der Waals surface area contributed by atoms with Gasteiger partial charge in [0.1, 0.15) is 6.04 Å². The van der Waals surface area contributed by atoms with Gasteiger partial charge >= 0.3 is 5.97 Å². The molecule has 1 aliphatic heterocycles. The van der Waals surface area contributed by atoms with E-state index in [4.69, 9.17) is 0 Å². The van der Waals surface area contributed by atoms with Crippen LogP contribution in [-0.4, -0.2) is 49.5 Å². The summed E-state index contributed by atoms with van der Waals surface area (Å²) < 4.78 is 1.55. The minimum Gasteiger partial charge on any atom is -0.480 e. The second-order valence-electron chi connectivity index (χ2n) is 6.98. The van der Waals surface area contributed by atoms with Crippen molar-refractivity contribution in [2.45, 2.75) is 32.2 Å². The standard InChI is InChI=1S/C18H20N4O3/c1-11-4-2-6-13(8-11)22-10-15(19-20-22)17(23)21-9-12-5-3-7-14(12)16(21)18(24)25/h2,4,6,8,10,12,14,16H,3,5,7,9H2,1H3,(H,24,25). The molecule has 3 atom stereocenters. The lowest BCUT2D eigenvalue weighted by Crippen LogP contribution is -2.43. The number of aliphatic carboxylic acids is 1. The van der Waals surface area contributed by atoms with Gasteiger partial charge in [0.15, 0.2) is 5.69 Å². The van der Waals surface area contributed by atoms with Gasteiger partial charge in [-0.2, -0.15) is 0 Å². The lowest BCUT2D eigenvalue weighted by Gasteiger charge is -2.23. The van der Waals surface area contributed by atoms with Gasteiger partial charge in [-0.3, -0.25) is 4.79 Å². The number of carboxylic acids is 1. The van der Waals surface area contributed by atoms with Crippen molar-refractivity contribution in [2.24, 2.45) is 11.8 Å². The van der Waals surface area contributed by atoms with Crippen molar-refractivity contribution in [1.82, 2.24) is 19.9 Å². The van der Waals surface area contributed by atoms with Gasteiger partial charge in [0.2, 0.25) is 0 Å². The third-order valence-corrected chi connectivity index (χ3v) is 5.38. The molecule has 7 heteroatoms. The molecule has 2 heterocycles. The van der Waals surface area contributed by atoms with Crippen molar-refractivity contribution < 1.29 is 14.7 Å². The lowest BCUT2D eigenvalue weighted by molar-refractivity contribution is -0.142. The van der Waals surface area contributed by atoms with Crippen LogP contribution >= 0.6 is 0 Å². The zero-order chi connectivity index (χ0) is 17.6. The van der Waals surface area contributed by atoms with Gasteiger partial charge in [-0.15, -0.1) is 5.10 Å². The molecule has 0 bridgehead atoms. The van der Waals surface area contributed by atoms with E-state index >= 15 is 0 Å². The first-order chi connectivity index (χ1) is 12.0. The Kier molecular flexibility index (Phi) is 3.78. The summed E-state index contributed by atoms with van der Waals surface area (Å²) in [4.78, 5) is 26.0. The second-order valence-corrected chi connectivity index (χ2v) is 6.98. The maximum atomic E-state index is 12.9. The van der Waals surface area contributed by atoms with Crippen LogP contribution in [0.5, 0.6) is 0 Å². The van der Waals surface area contributed by atoms with Gasteiger partial charge in [0.05, 0.1) is 11.9 Å². The fourth-order valence-electron chi connectivity index (χ4n) is 4.24. The number of aromatic nitrogens is 3. The first-order valence-corrected chi connectivity index (χ1v) is 8.58. The van der Waals surface area contributed by atoms with Crippen molar-refractivity contribution in [3.63, 3.8) is 0 Å². The third kappa shape index (κ3) is 2.69. The van der Waals surface area contributed by atoms with Crippen molar-refractivity contribution in [3.05, 3.63) is 41.7 Å². The number of hydrogen-bond acceptors (Lipinski definition) is 4. The highest BCUT2D eigenvalue weighted by molar-refractivity contribution is 5.95. The van der Waals surface area contributed by atoms with Crippen LogP contribution in [0.3, 0.4) is 0 Å². The summed E-state index contributed by atoms with van der Waals surface area (Å²) in [6.07, 6.45) is 4.49. The number of amides is 1. The molecule has 0 spiro atoms. The second kappa shape index (κ2) is 5.98. The van der Waals surface area contributed by atoms with Gasteiger partial charge in [0, 0.05) is 6.54 Å². The maximum Gasteiger partial charge on any atom is 0.326 e. The average molecular weight is 340 g/mol. The monoisotopic (exact) mass is 340 g/mol. The highest BCUT2D eigenvalue weighted by atomic mass is 16.4. The number of benzene rings is 1. The molecule has 2 aliphatic rings. The molecule has 4 rings (SSSR count). The molecule has 1 saturated heterocycles. The Balaban J connectivity index is 1.60. The van der Waals surface area contributed by atoms with Crippen LogP contribution in [0.25, 0.3) is 5.69 Å². The van der Waals surface area contributed by atoms with Crippen LogP contribution in [0.1, 0.15) is 35.3 Å². The normalized spacial score (nSPS) is 25.2. The number of aryl methyl sites for hydroxylation is 1. The molecule has 7 nitrogen and oxygen atoms in total. The van der Waals surface area contributed by atoms with E-state index in [1.165, 1.54) is 4.90 Å². The van der Waals surface area contributed by atoms with Crippen molar-refractivity contribution in [3.8, 4) is 5.69 Å². The summed E-state index contributed by atoms with van der Waals surface area (Å²) in [6, 6.07) is 6.98. The minimum atomic E-state index is -0.922.